The van der Waals surface area contributed by atoms with E-state index in [0.29, 0.717) is 12.2 Å². The van der Waals surface area contributed by atoms with Gasteiger partial charge in [-0.1, -0.05) is 36.3 Å². The zero-order valence-corrected chi connectivity index (χ0v) is 15.0. The summed E-state index contributed by atoms with van der Waals surface area (Å²) in [5, 5.41) is 13.2. The number of nitrogens with one attached hydrogen (secondary N) is 1. The Morgan fingerprint density at radius 1 is 1.23 bits per heavy atom. The number of halogens is 1. The molecule has 134 valence electrons. The molecular weight excluding hydrogens is 351 g/mol. The Balaban J connectivity index is 1.52. The highest BCUT2D eigenvalue weighted by atomic mass is 32.1. The molecular formula is C19H19FN4OS. The lowest BCUT2D eigenvalue weighted by Crippen LogP contribution is -2.44. The van der Waals surface area contributed by atoms with E-state index in [1.165, 1.54) is 12.1 Å². The third-order valence-electron chi connectivity index (χ3n) is 4.88. The molecule has 0 unspecified atom stereocenters. The topological polar surface area (TPSA) is 59.8 Å². The van der Waals surface area contributed by atoms with Crippen molar-refractivity contribution in [2.45, 2.75) is 37.8 Å². The smallest absolute Gasteiger partial charge is 0.274 e. The minimum absolute atomic E-state index is 0.242. The molecule has 0 aliphatic heterocycles. The summed E-state index contributed by atoms with van der Waals surface area (Å²) < 4.78 is 14.9. The summed E-state index contributed by atoms with van der Waals surface area (Å²) in [4.78, 5) is 13.9. The molecule has 2 heterocycles. The Morgan fingerprint density at radius 3 is 2.69 bits per heavy atom. The van der Waals surface area contributed by atoms with E-state index in [9.17, 15) is 9.18 Å². The average molecular weight is 370 g/mol. The molecule has 1 N–H and O–H groups in total. The van der Waals surface area contributed by atoms with E-state index in [-0.39, 0.29) is 11.7 Å². The zero-order valence-electron chi connectivity index (χ0n) is 14.2. The highest BCUT2D eigenvalue weighted by molar-refractivity contribution is 7.09. The second kappa shape index (κ2) is 6.99. The number of rotatable bonds is 5. The molecule has 0 saturated heterocycles. The van der Waals surface area contributed by atoms with E-state index in [1.807, 2.05) is 17.5 Å². The van der Waals surface area contributed by atoms with E-state index in [0.717, 1.165) is 36.1 Å². The molecule has 2 aromatic heterocycles. The second-order valence-corrected chi connectivity index (χ2v) is 7.66. The summed E-state index contributed by atoms with van der Waals surface area (Å²) >= 11 is 1.64. The van der Waals surface area contributed by atoms with Gasteiger partial charge < -0.3 is 5.32 Å². The fraction of sp³-hybridized carbons (Fsp3) is 0.316. The molecule has 26 heavy (non-hydrogen) atoms. The Hall–Kier alpha value is -2.54. The van der Waals surface area contributed by atoms with Crippen molar-refractivity contribution in [3.05, 3.63) is 69.9 Å². The monoisotopic (exact) mass is 370 g/mol. The van der Waals surface area contributed by atoms with Crippen LogP contribution in [0.4, 0.5) is 4.39 Å². The summed E-state index contributed by atoms with van der Waals surface area (Å²) in [5.74, 6) is -0.515. The summed E-state index contributed by atoms with van der Waals surface area (Å²) in [7, 11) is 0. The van der Waals surface area contributed by atoms with Gasteiger partial charge in [0.25, 0.3) is 5.91 Å². The second-order valence-electron chi connectivity index (χ2n) is 6.63. The molecule has 1 aliphatic carbocycles. The van der Waals surface area contributed by atoms with Crippen LogP contribution in [0.1, 0.15) is 46.6 Å². The van der Waals surface area contributed by atoms with E-state index < -0.39 is 5.54 Å². The van der Waals surface area contributed by atoms with Crippen LogP contribution in [0.25, 0.3) is 0 Å². The van der Waals surface area contributed by atoms with Crippen molar-refractivity contribution in [2.24, 2.45) is 0 Å². The quantitative estimate of drug-likeness (QED) is 0.744. The fourth-order valence-electron chi connectivity index (χ4n) is 3.56. The van der Waals surface area contributed by atoms with Crippen molar-refractivity contribution < 1.29 is 9.18 Å². The van der Waals surface area contributed by atoms with E-state index in [2.05, 4.69) is 15.6 Å². The molecule has 5 nitrogen and oxygen atoms in total. The van der Waals surface area contributed by atoms with Gasteiger partial charge in [0.05, 0.1) is 18.3 Å². The summed E-state index contributed by atoms with van der Waals surface area (Å²) in [6.45, 7) is 0.598. The molecule has 0 spiro atoms. The van der Waals surface area contributed by atoms with Crippen LogP contribution >= 0.6 is 11.3 Å². The Morgan fingerprint density at radius 2 is 2.00 bits per heavy atom. The van der Waals surface area contributed by atoms with Gasteiger partial charge >= 0.3 is 0 Å². The van der Waals surface area contributed by atoms with Gasteiger partial charge in [-0.25, -0.2) is 9.07 Å². The van der Waals surface area contributed by atoms with Crippen LogP contribution in [0.15, 0.2) is 48.0 Å². The predicted octanol–water partition coefficient (Wildman–Crippen LogP) is 3.73. The Labute approximate surface area is 154 Å². The molecule has 0 bridgehead atoms. The number of nitrogens with zero attached hydrogens (tertiary/aromatic N) is 3. The van der Waals surface area contributed by atoms with Crippen LogP contribution in [-0.4, -0.2) is 20.9 Å². The molecule has 3 aromatic rings. The highest BCUT2D eigenvalue weighted by Gasteiger charge is 2.37. The first-order valence-electron chi connectivity index (χ1n) is 8.66. The average Bonchev–Trinajstić information content (AvgIpc) is 3.38. The lowest BCUT2D eigenvalue weighted by atomic mass is 9.88. The molecule has 0 atom stereocenters. The lowest BCUT2D eigenvalue weighted by Gasteiger charge is -2.30. The zero-order chi connectivity index (χ0) is 18.0. The number of aromatic nitrogens is 3. The first-order chi connectivity index (χ1) is 12.6. The number of hydrogen-bond donors (Lipinski definition) is 1. The molecule has 7 heteroatoms. The number of benzene rings is 1. The Bertz CT molecular complexity index is 883. The molecule has 4 rings (SSSR count). The SMILES string of the molecule is O=C(NC1(c2ccc(F)cc2)CCCC1)c1cn(Cc2cccs2)nn1. The first-order valence-corrected chi connectivity index (χ1v) is 9.54. The maximum Gasteiger partial charge on any atom is 0.274 e. The number of hydrogen-bond acceptors (Lipinski definition) is 4. The van der Waals surface area contributed by atoms with Crippen LogP contribution in [-0.2, 0) is 12.1 Å². The van der Waals surface area contributed by atoms with Crippen molar-refractivity contribution in [3.63, 3.8) is 0 Å². The van der Waals surface area contributed by atoms with E-state index in [1.54, 1.807) is 34.3 Å². The van der Waals surface area contributed by atoms with Crippen LogP contribution < -0.4 is 5.32 Å². The van der Waals surface area contributed by atoms with Crippen molar-refractivity contribution in [1.82, 2.24) is 20.3 Å². The maximum absolute atomic E-state index is 13.3. The van der Waals surface area contributed by atoms with E-state index >= 15 is 0 Å². The normalized spacial score (nSPS) is 15.9. The van der Waals surface area contributed by atoms with Crippen molar-refractivity contribution >= 4 is 17.2 Å². The van der Waals surface area contributed by atoms with Gasteiger partial charge in [0, 0.05) is 4.88 Å². The summed E-state index contributed by atoms with van der Waals surface area (Å²) in [5.41, 5.74) is 0.785. The highest BCUT2D eigenvalue weighted by Crippen LogP contribution is 2.39. The van der Waals surface area contributed by atoms with Gasteiger partial charge in [-0.15, -0.1) is 16.4 Å². The molecule has 0 radical (unpaired) electrons. The standard InChI is InChI=1S/C19H19FN4OS/c20-15-7-5-14(6-8-15)19(9-1-2-10-19)21-18(25)17-13-24(23-22-17)12-16-4-3-11-26-16/h3-8,11,13H,1-2,9-10,12H2,(H,21,25). The minimum Gasteiger partial charge on any atom is -0.341 e. The van der Waals surface area contributed by atoms with Crippen LogP contribution in [0.3, 0.4) is 0 Å². The third-order valence-corrected chi connectivity index (χ3v) is 5.74. The molecule has 1 aromatic carbocycles. The molecule has 1 aliphatic rings. The van der Waals surface area contributed by atoms with Crippen molar-refractivity contribution in [1.29, 1.82) is 0 Å². The van der Waals surface area contributed by atoms with Crippen LogP contribution in [0, 0.1) is 5.82 Å². The number of carbonyl (C=O) groups is 1. The van der Waals surface area contributed by atoms with Gasteiger partial charge in [0.2, 0.25) is 0 Å². The van der Waals surface area contributed by atoms with Gasteiger partial charge in [-0.05, 0) is 42.0 Å². The van der Waals surface area contributed by atoms with Gasteiger partial charge in [0.15, 0.2) is 5.69 Å². The van der Waals surface area contributed by atoms with Gasteiger partial charge in [-0.3, -0.25) is 4.79 Å². The third kappa shape index (κ3) is 3.39. The van der Waals surface area contributed by atoms with Crippen LogP contribution in [0.2, 0.25) is 0 Å². The summed E-state index contributed by atoms with van der Waals surface area (Å²) in [6, 6.07) is 10.4. The molecule has 1 fully saturated rings. The predicted molar refractivity (Wildman–Crippen MR) is 97.5 cm³/mol. The molecule has 1 saturated carbocycles. The summed E-state index contributed by atoms with van der Waals surface area (Å²) in [6.07, 6.45) is 5.41. The Kier molecular flexibility index (Phi) is 4.55. The van der Waals surface area contributed by atoms with Crippen LogP contribution in [0.5, 0.6) is 0 Å². The number of carbonyl (C=O) groups excluding carboxylic acids is 1. The van der Waals surface area contributed by atoms with Gasteiger partial charge in [0.1, 0.15) is 5.82 Å². The first kappa shape index (κ1) is 16.9. The maximum atomic E-state index is 13.3. The van der Waals surface area contributed by atoms with Crippen molar-refractivity contribution in [2.75, 3.05) is 0 Å². The minimum atomic E-state index is -0.456. The van der Waals surface area contributed by atoms with Crippen molar-refractivity contribution in [3.8, 4) is 0 Å². The number of thiophene rings is 1. The van der Waals surface area contributed by atoms with E-state index in [4.69, 9.17) is 0 Å². The van der Waals surface area contributed by atoms with Gasteiger partial charge in [-0.2, -0.15) is 0 Å². The molecule has 1 amide bonds. The fourth-order valence-corrected chi connectivity index (χ4v) is 4.25. The number of amides is 1. The largest absolute Gasteiger partial charge is 0.341 e. The lowest BCUT2D eigenvalue weighted by molar-refractivity contribution is 0.0893.